The van der Waals surface area contributed by atoms with Crippen LogP contribution in [0.3, 0.4) is 0 Å². The van der Waals surface area contributed by atoms with E-state index in [1.165, 1.54) is 51.3 Å². The van der Waals surface area contributed by atoms with Gasteiger partial charge in [-0.1, -0.05) is 0 Å². The number of hydrogen-bond donors (Lipinski definition) is 8. The Kier molecular flexibility index (Phi) is 18.1. The maximum atomic E-state index is 9.55. The Morgan fingerprint density at radius 2 is 0.679 bits per heavy atom. The van der Waals surface area contributed by atoms with Gasteiger partial charge in [-0.2, -0.15) is 0 Å². The van der Waals surface area contributed by atoms with Crippen molar-refractivity contribution in [3.8, 4) is 0 Å². The number of nitrogens with zero attached hydrogens (tertiary/aromatic N) is 2. The fraction of sp³-hybridized carbons (Fsp3) is 0.750. The molecular weight excluding hydrogens is 380 g/mol. The summed E-state index contributed by atoms with van der Waals surface area (Å²) in [6, 6.07) is 0. The molecular formula is C16H34N2O10. The van der Waals surface area contributed by atoms with Gasteiger partial charge < -0.3 is 40.9 Å². The van der Waals surface area contributed by atoms with Crippen LogP contribution >= 0.6 is 0 Å². The fourth-order valence-corrected chi connectivity index (χ4v) is 2.02. The zero-order chi connectivity index (χ0) is 23.2. The second-order valence-electron chi connectivity index (χ2n) is 5.70. The maximum Gasteiger partial charge on any atom is 0.328 e. The highest BCUT2D eigenvalue weighted by molar-refractivity contribution is 5.89. The summed E-state index contributed by atoms with van der Waals surface area (Å²) in [6.07, 6.45) is -3.88. The minimum absolute atomic E-state index is 0.558. The summed E-state index contributed by atoms with van der Waals surface area (Å²) in [5.41, 5.74) is 0. The zero-order valence-corrected chi connectivity index (χ0v) is 16.9. The molecule has 0 fully saturated rings. The highest BCUT2D eigenvalue weighted by atomic mass is 16.4. The average Bonchev–Trinajstić information content (AvgIpc) is 2.43. The van der Waals surface area contributed by atoms with E-state index in [1.54, 1.807) is 0 Å². The van der Waals surface area contributed by atoms with Gasteiger partial charge >= 0.3 is 11.9 Å². The minimum Gasteiger partial charge on any atom is -0.478 e. The first-order valence-corrected chi connectivity index (χ1v) is 8.33. The number of rotatable bonds is 8. The molecule has 0 amide bonds. The lowest BCUT2D eigenvalue weighted by molar-refractivity contribution is -0.160. The molecule has 8 N–H and O–H groups in total. The van der Waals surface area contributed by atoms with Crippen LogP contribution in [0.4, 0.5) is 0 Å². The zero-order valence-electron chi connectivity index (χ0n) is 16.9. The van der Waals surface area contributed by atoms with Gasteiger partial charge in [0.15, 0.2) is 0 Å². The number of aliphatic hydroxyl groups excluding tert-OH is 6. The van der Waals surface area contributed by atoms with Gasteiger partial charge in [0.2, 0.25) is 0 Å². The van der Waals surface area contributed by atoms with Gasteiger partial charge in [0.1, 0.15) is 37.4 Å². The third kappa shape index (κ3) is 17.8. The molecule has 0 bridgehead atoms. The van der Waals surface area contributed by atoms with Crippen LogP contribution in [0.1, 0.15) is 41.5 Å². The predicted octanol–water partition coefficient (Wildman–Crippen LogP) is -1.68. The van der Waals surface area contributed by atoms with Crippen molar-refractivity contribution in [3.05, 3.63) is 12.2 Å². The molecule has 0 aromatic heterocycles. The van der Waals surface area contributed by atoms with Crippen molar-refractivity contribution in [2.75, 3.05) is 0 Å². The van der Waals surface area contributed by atoms with Gasteiger partial charge in [0, 0.05) is 12.2 Å². The molecule has 28 heavy (non-hydrogen) atoms. The third-order valence-corrected chi connectivity index (χ3v) is 2.96. The first kappa shape index (κ1) is 31.1. The van der Waals surface area contributed by atoms with Gasteiger partial charge in [0.25, 0.3) is 0 Å². The summed E-state index contributed by atoms with van der Waals surface area (Å²) in [5, 5.41) is 69.4. The number of hydrogen-bond acceptors (Lipinski definition) is 10. The molecule has 0 aliphatic heterocycles. The summed E-state index contributed by atoms with van der Waals surface area (Å²) >= 11 is 0. The molecule has 0 aromatic carbocycles. The Morgan fingerprint density at radius 3 is 0.714 bits per heavy atom. The molecule has 0 heterocycles. The Hall–Kier alpha value is -1.64. The molecule has 12 heteroatoms. The second-order valence-corrected chi connectivity index (χ2v) is 5.70. The van der Waals surface area contributed by atoms with Crippen LogP contribution in [0, 0.1) is 0 Å². The van der Waals surface area contributed by atoms with Crippen LogP contribution in [0.15, 0.2) is 12.2 Å². The smallest absolute Gasteiger partial charge is 0.328 e. The van der Waals surface area contributed by atoms with Crippen molar-refractivity contribution in [1.29, 1.82) is 0 Å². The van der Waals surface area contributed by atoms with E-state index in [-0.39, 0.29) is 0 Å². The summed E-state index contributed by atoms with van der Waals surface area (Å²) < 4.78 is 0. The SMILES string of the molecule is CC(O)N(C(C)O)C(C)O.CC(O)N(C(C)O)C(C)O.O=C(O)/C=C\C(=O)O. The number of aliphatic carboxylic acids is 2. The lowest BCUT2D eigenvalue weighted by atomic mass is 10.4. The maximum absolute atomic E-state index is 9.55. The molecule has 0 rings (SSSR count). The number of aliphatic hydroxyl groups is 6. The lowest BCUT2D eigenvalue weighted by Crippen LogP contribution is -2.45. The van der Waals surface area contributed by atoms with E-state index < -0.39 is 49.3 Å². The van der Waals surface area contributed by atoms with Crippen molar-refractivity contribution in [1.82, 2.24) is 9.80 Å². The van der Waals surface area contributed by atoms with Crippen molar-refractivity contribution in [2.45, 2.75) is 78.9 Å². The summed E-state index contributed by atoms with van der Waals surface area (Å²) in [6.45, 7) is 8.91. The second kappa shape index (κ2) is 16.3. The average molecular weight is 414 g/mol. The lowest BCUT2D eigenvalue weighted by Gasteiger charge is -2.30. The highest BCUT2D eigenvalue weighted by Gasteiger charge is 2.20. The molecule has 168 valence electrons. The molecule has 0 aliphatic carbocycles. The van der Waals surface area contributed by atoms with Crippen LogP contribution in [-0.2, 0) is 9.59 Å². The number of carbonyl (C=O) groups is 2. The molecule has 0 saturated heterocycles. The molecule has 6 atom stereocenters. The Bertz CT molecular complexity index is 373. The minimum atomic E-state index is -1.26. The van der Waals surface area contributed by atoms with Gasteiger partial charge in [0.05, 0.1) is 0 Å². The van der Waals surface area contributed by atoms with Crippen molar-refractivity contribution in [3.63, 3.8) is 0 Å². The summed E-state index contributed by atoms with van der Waals surface area (Å²) in [7, 11) is 0. The third-order valence-electron chi connectivity index (χ3n) is 2.96. The number of carboxylic acids is 2. The fourth-order valence-electron chi connectivity index (χ4n) is 2.02. The predicted molar refractivity (Wildman–Crippen MR) is 98.2 cm³/mol. The Morgan fingerprint density at radius 1 is 0.536 bits per heavy atom. The normalized spacial score (nSPS) is 17.5. The largest absolute Gasteiger partial charge is 0.478 e. The van der Waals surface area contributed by atoms with Crippen LogP contribution in [0.5, 0.6) is 0 Å². The highest BCUT2D eigenvalue weighted by Crippen LogP contribution is 2.05. The Labute approximate surface area is 164 Å². The Balaban J connectivity index is -0.000000337. The quantitative estimate of drug-likeness (QED) is 0.166. The monoisotopic (exact) mass is 414 g/mol. The van der Waals surface area contributed by atoms with Crippen molar-refractivity contribution >= 4 is 11.9 Å². The standard InChI is InChI=1S/2C6H15NO3.C4H4O4/c2*1-4(8)7(5(2)9)6(3)10;5-3(6)1-2-4(7)8/h2*4-6,8-10H,1-3H3;1-2H,(H,5,6)(H,7,8)/b;;2-1-. The first-order chi connectivity index (χ1) is 12.6. The van der Waals surface area contributed by atoms with Crippen molar-refractivity contribution < 1.29 is 50.4 Å². The van der Waals surface area contributed by atoms with E-state index in [0.717, 1.165) is 0 Å². The van der Waals surface area contributed by atoms with Crippen LogP contribution in [0.2, 0.25) is 0 Å². The van der Waals surface area contributed by atoms with Gasteiger partial charge in [-0.15, -0.1) is 0 Å². The number of carboxylic acid groups (broad SMARTS) is 2. The van der Waals surface area contributed by atoms with Gasteiger partial charge in [-0.05, 0) is 41.5 Å². The van der Waals surface area contributed by atoms with E-state index in [9.17, 15) is 9.59 Å². The van der Waals surface area contributed by atoms with Crippen LogP contribution in [0.25, 0.3) is 0 Å². The first-order valence-electron chi connectivity index (χ1n) is 8.33. The van der Waals surface area contributed by atoms with E-state index >= 15 is 0 Å². The molecule has 0 saturated carbocycles. The van der Waals surface area contributed by atoms with Gasteiger partial charge in [-0.3, -0.25) is 0 Å². The topological polar surface area (TPSA) is 202 Å². The molecule has 0 radical (unpaired) electrons. The van der Waals surface area contributed by atoms with E-state index in [0.29, 0.717) is 12.2 Å². The van der Waals surface area contributed by atoms with Gasteiger partial charge in [-0.25, -0.2) is 19.4 Å². The molecule has 0 spiro atoms. The molecule has 12 nitrogen and oxygen atoms in total. The van der Waals surface area contributed by atoms with E-state index in [1.807, 2.05) is 0 Å². The molecule has 6 unspecified atom stereocenters. The summed E-state index contributed by atoms with van der Waals surface area (Å²) in [5.74, 6) is -2.51. The van der Waals surface area contributed by atoms with E-state index in [2.05, 4.69) is 0 Å². The summed E-state index contributed by atoms with van der Waals surface area (Å²) in [4.78, 5) is 21.4. The van der Waals surface area contributed by atoms with Crippen LogP contribution < -0.4 is 0 Å². The van der Waals surface area contributed by atoms with E-state index in [4.69, 9.17) is 40.9 Å². The molecule has 0 aliphatic rings. The van der Waals surface area contributed by atoms with Crippen molar-refractivity contribution in [2.24, 2.45) is 0 Å². The van der Waals surface area contributed by atoms with Crippen LogP contribution in [-0.4, -0.2) is 100.0 Å². The molecule has 0 aromatic rings.